The monoisotopic (exact) mass is 301 g/mol. The van der Waals surface area contributed by atoms with Crippen LogP contribution in [-0.4, -0.2) is 12.4 Å². The van der Waals surface area contributed by atoms with E-state index < -0.39 is 0 Å². The van der Waals surface area contributed by atoms with Gasteiger partial charge in [-0.3, -0.25) is 0 Å². The van der Waals surface area contributed by atoms with Gasteiger partial charge in [-0.15, -0.1) is 6.58 Å². The molecule has 114 valence electrons. The van der Waals surface area contributed by atoms with Gasteiger partial charge in [0.15, 0.2) is 0 Å². The number of nitriles is 1. The highest BCUT2D eigenvalue weighted by atomic mass is 15.2. The van der Waals surface area contributed by atoms with Crippen LogP contribution >= 0.6 is 0 Å². The number of allylic oxidation sites excluding steroid dienone is 1. The highest BCUT2D eigenvalue weighted by Crippen LogP contribution is 2.07. The molecule has 0 unspecified atom stereocenters. The first-order valence-electron chi connectivity index (χ1n) is 7.58. The second-order valence-electron chi connectivity index (χ2n) is 5.15. The van der Waals surface area contributed by atoms with E-state index in [1.165, 1.54) is 5.56 Å². The van der Waals surface area contributed by atoms with Crippen molar-refractivity contribution in [2.75, 3.05) is 0 Å². The third-order valence-electron chi connectivity index (χ3n) is 3.37. The smallest absolute Gasteiger partial charge is 0.0991 e. The zero-order chi connectivity index (χ0) is 16.3. The predicted octanol–water partition coefficient (Wildman–Crippen LogP) is 4.52. The zero-order valence-corrected chi connectivity index (χ0v) is 13.0. The van der Waals surface area contributed by atoms with E-state index in [0.29, 0.717) is 5.56 Å². The standard InChI is InChI=1S/C20H19N3/c1-2-3-4-5-17-6-10-19(11-7-17)15-22-23-16-20-12-8-18(14-21)9-13-20/h2,6-13,15-16H,1,3-5H2/b22-15+,23-16+. The fourth-order valence-corrected chi connectivity index (χ4v) is 2.06. The SMILES string of the molecule is C=CCCCc1ccc(/C=N/N=C/c2ccc(C#N)cc2)cc1. The van der Waals surface area contributed by atoms with Gasteiger partial charge in [-0.2, -0.15) is 15.5 Å². The Kier molecular flexibility index (Phi) is 6.49. The Bertz CT molecular complexity index is 717. The molecule has 0 aromatic heterocycles. The van der Waals surface area contributed by atoms with Gasteiger partial charge in [0.05, 0.1) is 24.1 Å². The van der Waals surface area contributed by atoms with E-state index in [9.17, 15) is 0 Å². The van der Waals surface area contributed by atoms with E-state index in [0.717, 1.165) is 30.4 Å². The van der Waals surface area contributed by atoms with Gasteiger partial charge in [0, 0.05) is 0 Å². The molecule has 2 aromatic carbocycles. The van der Waals surface area contributed by atoms with Crippen LogP contribution in [0.2, 0.25) is 0 Å². The van der Waals surface area contributed by atoms with Gasteiger partial charge in [0.25, 0.3) is 0 Å². The lowest BCUT2D eigenvalue weighted by Gasteiger charge is -1.99. The molecular formula is C20H19N3. The first-order chi connectivity index (χ1) is 11.3. The summed E-state index contributed by atoms with van der Waals surface area (Å²) in [4.78, 5) is 0. The summed E-state index contributed by atoms with van der Waals surface area (Å²) in [6, 6.07) is 17.6. The number of hydrogen-bond acceptors (Lipinski definition) is 3. The van der Waals surface area contributed by atoms with E-state index in [4.69, 9.17) is 5.26 Å². The zero-order valence-electron chi connectivity index (χ0n) is 13.0. The molecule has 23 heavy (non-hydrogen) atoms. The van der Waals surface area contributed by atoms with Crippen molar-refractivity contribution < 1.29 is 0 Å². The van der Waals surface area contributed by atoms with Crippen LogP contribution in [0.3, 0.4) is 0 Å². The van der Waals surface area contributed by atoms with Gasteiger partial charge in [-0.25, -0.2) is 0 Å². The van der Waals surface area contributed by atoms with Crippen LogP contribution in [0.4, 0.5) is 0 Å². The summed E-state index contributed by atoms with van der Waals surface area (Å²) >= 11 is 0. The number of benzene rings is 2. The average Bonchev–Trinajstić information content (AvgIpc) is 2.61. The van der Waals surface area contributed by atoms with Crippen LogP contribution in [0.15, 0.2) is 71.4 Å². The molecule has 0 fully saturated rings. The van der Waals surface area contributed by atoms with Crippen molar-refractivity contribution >= 4 is 12.4 Å². The lowest BCUT2D eigenvalue weighted by Crippen LogP contribution is -1.86. The third-order valence-corrected chi connectivity index (χ3v) is 3.37. The molecule has 0 radical (unpaired) electrons. The minimum atomic E-state index is 0.638. The molecule has 0 saturated heterocycles. The maximum absolute atomic E-state index is 8.74. The van der Waals surface area contributed by atoms with Crippen molar-refractivity contribution in [1.82, 2.24) is 0 Å². The summed E-state index contributed by atoms with van der Waals surface area (Å²) in [5, 5.41) is 16.8. The molecule has 2 aromatic rings. The van der Waals surface area contributed by atoms with Crippen molar-refractivity contribution in [2.24, 2.45) is 10.2 Å². The Morgan fingerprint density at radius 1 is 0.913 bits per heavy atom. The van der Waals surface area contributed by atoms with Gasteiger partial charge in [0.1, 0.15) is 0 Å². The lowest BCUT2D eigenvalue weighted by atomic mass is 10.1. The molecule has 0 amide bonds. The Balaban J connectivity index is 1.88. The number of rotatable bonds is 7. The molecule has 3 heteroatoms. The van der Waals surface area contributed by atoms with Crippen LogP contribution in [0.1, 0.15) is 35.1 Å². The number of nitrogens with zero attached hydrogens (tertiary/aromatic N) is 3. The molecule has 0 bridgehead atoms. The molecule has 2 rings (SSSR count). The van der Waals surface area contributed by atoms with Crippen LogP contribution in [0, 0.1) is 11.3 Å². The van der Waals surface area contributed by atoms with Crippen LogP contribution in [0.5, 0.6) is 0 Å². The summed E-state index contributed by atoms with van der Waals surface area (Å²) < 4.78 is 0. The van der Waals surface area contributed by atoms with Crippen LogP contribution in [0.25, 0.3) is 0 Å². The van der Waals surface area contributed by atoms with E-state index in [-0.39, 0.29) is 0 Å². The molecule has 0 aliphatic heterocycles. The normalized spacial score (nSPS) is 10.9. The van der Waals surface area contributed by atoms with Crippen molar-refractivity contribution in [3.63, 3.8) is 0 Å². The van der Waals surface area contributed by atoms with Crippen molar-refractivity contribution in [1.29, 1.82) is 5.26 Å². The lowest BCUT2D eigenvalue weighted by molar-refractivity contribution is 0.844. The van der Waals surface area contributed by atoms with Gasteiger partial charge >= 0.3 is 0 Å². The van der Waals surface area contributed by atoms with E-state index in [1.807, 2.05) is 30.3 Å². The minimum Gasteiger partial charge on any atom is -0.192 e. The third kappa shape index (κ3) is 5.72. The van der Waals surface area contributed by atoms with Crippen LogP contribution < -0.4 is 0 Å². The minimum absolute atomic E-state index is 0.638. The van der Waals surface area contributed by atoms with E-state index in [1.54, 1.807) is 24.6 Å². The van der Waals surface area contributed by atoms with Crippen molar-refractivity contribution in [3.8, 4) is 6.07 Å². The fourth-order valence-electron chi connectivity index (χ4n) is 2.06. The van der Waals surface area contributed by atoms with Gasteiger partial charge in [-0.1, -0.05) is 42.5 Å². The van der Waals surface area contributed by atoms with Gasteiger partial charge in [-0.05, 0) is 48.1 Å². The largest absolute Gasteiger partial charge is 0.192 e. The maximum atomic E-state index is 8.74. The first-order valence-corrected chi connectivity index (χ1v) is 7.58. The first kappa shape index (κ1) is 16.4. The summed E-state index contributed by atoms with van der Waals surface area (Å²) in [5.41, 5.74) is 3.90. The van der Waals surface area contributed by atoms with Crippen molar-refractivity contribution in [3.05, 3.63) is 83.4 Å². The molecule has 0 aliphatic carbocycles. The summed E-state index contributed by atoms with van der Waals surface area (Å²) in [6.45, 7) is 3.73. The second kappa shape index (κ2) is 9.11. The van der Waals surface area contributed by atoms with E-state index in [2.05, 4.69) is 35.0 Å². The molecule has 0 atom stereocenters. The van der Waals surface area contributed by atoms with Crippen LogP contribution in [-0.2, 0) is 6.42 Å². The summed E-state index contributed by atoms with van der Waals surface area (Å²) in [6.07, 6.45) is 8.60. The Morgan fingerprint density at radius 2 is 1.48 bits per heavy atom. The van der Waals surface area contributed by atoms with Gasteiger partial charge < -0.3 is 0 Å². The Labute approximate surface area is 137 Å². The second-order valence-corrected chi connectivity index (χ2v) is 5.15. The molecule has 3 nitrogen and oxygen atoms in total. The molecular weight excluding hydrogens is 282 g/mol. The molecule has 0 heterocycles. The molecule has 0 spiro atoms. The number of hydrogen-bond donors (Lipinski definition) is 0. The maximum Gasteiger partial charge on any atom is 0.0991 e. The average molecular weight is 301 g/mol. The Morgan fingerprint density at radius 3 is 2.00 bits per heavy atom. The number of unbranched alkanes of at least 4 members (excludes halogenated alkanes) is 1. The predicted molar refractivity (Wildman–Crippen MR) is 95.9 cm³/mol. The molecule has 0 saturated carbocycles. The molecule has 0 aliphatic rings. The number of aryl methyl sites for hydroxylation is 1. The topological polar surface area (TPSA) is 48.5 Å². The Hall–Kier alpha value is -2.99. The van der Waals surface area contributed by atoms with E-state index >= 15 is 0 Å². The summed E-state index contributed by atoms with van der Waals surface area (Å²) in [7, 11) is 0. The molecule has 0 N–H and O–H groups in total. The van der Waals surface area contributed by atoms with Crippen molar-refractivity contribution in [2.45, 2.75) is 19.3 Å². The fraction of sp³-hybridized carbons (Fsp3) is 0.150. The summed E-state index contributed by atoms with van der Waals surface area (Å²) in [5.74, 6) is 0. The quantitative estimate of drug-likeness (QED) is 0.321. The van der Waals surface area contributed by atoms with Gasteiger partial charge in [0.2, 0.25) is 0 Å². The highest BCUT2D eigenvalue weighted by molar-refractivity contribution is 5.82. The highest BCUT2D eigenvalue weighted by Gasteiger charge is 1.93.